The summed E-state index contributed by atoms with van der Waals surface area (Å²) in [6.45, 7) is 6.16. The van der Waals surface area contributed by atoms with E-state index in [2.05, 4.69) is 35.5 Å². The number of hydrogen-bond donors (Lipinski definition) is 1. The third-order valence-corrected chi connectivity index (χ3v) is 4.53. The van der Waals surface area contributed by atoms with E-state index in [9.17, 15) is 0 Å². The lowest BCUT2D eigenvalue weighted by Crippen LogP contribution is -2.06. The highest BCUT2D eigenvalue weighted by atomic mass is 32.2. The van der Waals surface area contributed by atoms with Gasteiger partial charge in [0.2, 0.25) is 0 Å². The van der Waals surface area contributed by atoms with Crippen LogP contribution in [0.5, 0.6) is 5.75 Å². The number of benzene rings is 1. The standard InChI is InChI=1S/C15H20N2OS2/c1-9(2)18-12-7-6-11(8-10(12)3)13-14(19-4)15(20-5)17-16-13/h6-9H,1-5H3,(H,16,17). The summed E-state index contributed by atoms with van der Waals surface area (Å²) in [5.41, 5.74) is 3.38. The molecule has 5 heteroatoms. The average Bonchev–Trinajstić information content (AvgIpc) is 2.83. The molecule has 0 saturated carbocycles. The van der Waals surface area contributed by atoms with Gasteiger partial charge in [-0.1, -0.05) is 0 Å². The van der Waals surface area contributed by atoms with Gasteiger partial charge in [0.25, 0.3) is 0 Å². The third-order valence-electron chi connectivity index (χ3n) is 2.91. The molecular weight excluding hydrogens is 288 g/mol. The molecule has 0 saturated heterocycles. The van der Waals surface area contributed by atoms with Gasteiger partial charge in [0.15, 0.2) is 0 Å². The fraction of sp³-hybridized carbons (Fsp3) is 0.400. The number of ether oxygens (including phenoxy) is 1. The van der Waals surface area contributed by atoms with Gasteiger partial charge in [-0.15, -0.1) is 23.5 Å². The summed E-state index contributed by atoms with van der Waals surface area (Å²) in [4.78, 5) is 1.20. The molecule has 1 aromatic carbocycles. The van der Waals surface area contributed by atoms with Crippen LogP contribution in [0.1, 0.15) is 19.4 Å². The molecule has 0 aliphatic rings. The van der Waals surface area contributed by atoms with Crippen LogP contribution in [0.3, 0.4) is 0 Å². The van der Waals surface area contributed by atoms with E-state index in [1.807, 2.05) is 26.2 Å². The van der Waals surface area contributed by atoms with Crippen LogP contribution in [0.25, 0.3) is 11.3 Å². The Morgan fingerprint density at radius 3 is 2.50 bits per heavy atom. The Morgan fingerprint density at radius 2 is 1.95 bits per heavy atom. The largest absolute Gasteiger partial charge is 0.491 e. The highest BCUT2D eigenvalue weighted by molar-refractivity contribution is 8.01. The van der Waals surface area contributed by atoms with Gasteiger partial charge in [0, 0.05) is 5.56 Å². The number of aromatic amines is 1. The number of nitrogens with one attached hydrogen (secondary N) is 1. The molecule has 108 valence electrons. The zero-order valence-corrected chi connectivity index (χ0v) is 14.1. The Morgan fingerprint density at radius 1 is 1.20 bits per heavy atom. The second-order valence-corrected chi connectivity index (χ2v) is 6.40. The number of rotatable bonds is 5. The lowest BCUT2D eigenvalue weighted by Gasteiger charge is -2.13. The summed E-state index contributed by atoms with van der Waals surface area (Å²) in [5.74, 6) is 0.944. The van der Waals surface area contributed by atoms with Gasteiger partial charge in [0.05, 0.1) is 16.7 Å². The van der Waals surface area contributed by atoms with Crippen LogP contribution in [0, 0.1) is 6.92 Å². The van der Waals surface area contributed by atoms with Gasteiger partial charge in [-0.3, -0.25) is 5.10 Å². The zero-order chi connectivity index (χ0) is 14.7. The summed E-state index contributed by atoms with van der Waals surface area (Å²) in [5, 5.41) is 8.56. The predicted molar refractivity (Wildman–Crippen MR) is 88.1 cm³/mol. The Bertz CT molecular complexity index is 594. The second kappa shape index (κ2) is 6.59. The van der Waals surface area contributed by atoms with Crippen LogP contribution >= 0.6 is 23.5 Å². The highest BCUT2D eigenvalue weighted by Crippen LogP contribution is 2.36. The molecule has 1 aromatic heterocycles. The smallest absolute Gasteiger partial charge is 0.132 e. The molecule has 0 unspecified atom stereocenters. The minimum atomic E-state index is 0.191. The highest BCUT2D eigenvalue weighted by Gasteiger charge is 2.14. The van der Waals surface area contributed by atoms with E-state index in [4.69, 9.17) is 4.74 Å². The van der Waals surface area contributed by atoms with Crippen LogP contribution in [0.15, 0.2) is 28.1 Å². The molecule has 0 spiro atoms. The Hall–Kier alpha value is -1.07. The topological polar surface area (TPSA) is 37.9 Å². The van der Waals surface area contributed by atoms with Gasteiger partial charge in [0.1, 0.15) is 10.8 Å². The van der Waals surface area contributed by atoms with Crippen molar-refractivity contribution >= 4 is 23.5 Å². The molecule has 0 atom stereocenters. The minimum Gasteiger partial charge on any atom is -0.491 e. The molecular formula is C15H20N2OS2. The molecule has 0 aliphatic heterocycles. The Kier molecular flexibility index (Phi) is 5.05. The molecule has 2 rings (SSSR count). The van der Waals surface area contributed by atoms with E-state index < -0.39 is 0 Å². The number of hydrogen-bond acceptors (Lipinski definition) is 4. The Balaban J connectivity index is 2.39. The van der Waals surface area contributed by atoms with Crippen molar-refractivity contribution in [2.24, 2.45) is 0 Å². The second-order valence-electron chi connectivity index (χ2n) is 4.79. The molecule has 0 amide bonds. The summed E-state index contributed by atoms with van der Waals surface area (Å²) < 4.78 is 5.78. The average molecular weight is 308 g/mol. The first kappa shape index (κ1) is 15.3. The van der Waals surface area contributed by atoms with E-state index in [0.717, 1.165) is 27.6 Å². The van der Waals surface area contributed by atoms with Gasteiger partial charge in [-0.2, -0.15) is 5.10 Å². The van der Waals surface area contributed by atoms with Gasteiger partial charge >= 0.3 is 0 Å². The molecule has 20 heavy (non-hydrogen) atoms. The SMILES string of the molecule is CSc1n[nH]c(-c2ccc(OC(C)C)c(C)c2)c1SC. The minimum absolute atomic E-state index is 0.191. The number of nitrogens with zero attached hydrogens (tertiary/aromatic N) is 1. The van der Waals surface area contributed by atoms with Crippen molar-refractivity contribution in [3.8, 4) is 17.0 Å². The quantitative estimate of drug-likeness (QED) is 0.818. The van der Waals surface area contributed by atoms with Crippen molar-refractivity contribution in [3.63, 3.8) is 0 Å². The van der Waals surface area contributed by atoms with Crippen LogP contribution < -0.4 is 4.74 Å². The molecule has 0 fully saturated rings. The zero-order valence-electron chi connectivity index (χ0n) is 12.5. The lowest BCUT2D eigenvalue weighted by molar-refractivity contribution is 0.241. The summed E-state index contributed by atoms with van der Waals surface area (Å²) >= 11 is 3.39. The molecule has 1 heterocycles. The molecule has 3 nitrogen and oxygen atoms in total. The van der Waals surface area contributed by atoms with Crippen LogP contribution in [-0.4, -0.2) is 28.8 Å². The van der Waals surface area contributed by atoms with Crippen molar-refractivity contribution in [3.05, 3.63) is 23.8 Å². The van der Waals surface area contributed by atoms with E-state index in [-0.39, 0.29) is 6.10 Å². The fourth-order valence-corrected chi connectivity index (χ4v) is 3.54. The van der Waals surface area contributed by atoms with Crippen molar-refractivity contribution in [1.29, 1.82) is 0 Å². The number of H-pyrrole nitrogens is 1. The molecule has 0 radical (unpaired) electrons. The Labute approximate surface area is 128 Å². The maximum absolute atomic E-state index is 5.78. The predicted octanol–water partition coefficient (Wildman–Crippen LogP) is 4.62. The van der Waals surface area contributed by atoms with Crippen LogP contribution in [-0.2, 0) is 0 Å². The number of aryl methyl sites for hydroxylation is 1. The molecule has 1 N–H and O–H groups in total. The fourth-order valence-electron chi connectivity index (χ4n) is 2.03. The van der Waals surface area contributed by atoms with E-state index in [1.54, 1.807) is 23.5 Å². The van der Waals surface area contributed by atoms with Gasteiger partial charge < -0.3 is 4.74 Å². The third kappa shape index (κ3) is 3.15. The van der Waals surface area contributed by atoms with Gasteiger partial charge in [-0.05, 0) is 57.0 Å². The summed E-state index contributed by atoms with van der Waals surface area (Å²) in [6.07, 6.45) is 4.32. The van der Waals surface area contributed by atoms with Crippen molar-refractivity contribution in [2.45, 2.75) is 36.8 Å². The molecule has 0 aliphatic carbocycles. The van der Waals surface area contributed by atoms with Crippen molar-refractivity contribution in [2.75, 3.05) is 12.5 Å². The first-order valence-electron chi connectivity index (χ1n) is 6.50. The van der Waals surface area contributed by atoms with Crippen LogP contribution in [0.4, 0.5) is 0 Å². The van der Waals surface area contributed by atoms with Crippen molar-refractivity contribution < 1.29 is 4.74 Å². The maximum atomic E-state index is 5.78. The number of thioether (sulfide) groups is 2. The first-order valence-corrected chi connectivity index (χ1v) is 8.95. The monoisotopic (exact) mass is 308 g/mol. The lowest BCUT2D eigenvalue weighted by atomic mass is 10.1. The van der Waals surface area contributed by atoms with Crippen LogP contribution in [0.2, 0.25) is 0 Å². The van der Waals surface area contributed by atoms with E-state index in [0.29, 0.717) is 0 Å². The normalized spacial score (nSPS) is 11.1. The maximum Gasteiger partial charge on any atom is 0.132 e. The van der Waals surface area contributed by atoms with Gasteiger partial charge in [-0.25, -0.2) is 0 Å². The first-order chi connectivity index (χ1) is 9.56. The molecule has 2 aromatic rings. The summed E-state index contributed by atoms with van der Waals surface area (Å²) in [6, 6.07) is 6.27. The number of aromatic nitrogens is 2. The molecule has 0 bridgehead atoms. The van der Waals surface area contributed by atoms with E-state index in [1.165, 1.54) is 4.90 Å². The summed E-state index contributed by atoms with van der Waals surface area (Å²) in [7, 11) is 0. The van der Waals surface area contributed by atoms with E-state index >= 15 is 0 Å². The van der Waals surface area contributed by atoms with Crippen molar-refractivity contribution in [1.82, 2.24) is 10.2 Å².